The molecule has 1 aromatic heterocycles. The van der Waals surface area contributed by atoms with Gasteiger partial charge in [-0.1, -0.05) is 12.1 Å². The largest absolute Gasteiger partial charge is 0.441 e. The highest BCUT2D eigenvalue weighted by atomic mass is 16.6. The molecule has 3 N–H and O–H groups in total. The van der Waals surface area contributed by atoms with E-state index in [4.69, 9.17) is 9.84 Å². The number of hydrogen-bond donors (Lipinski definition) is 3. The van der Waals surface area contributed by atoms with Gasteiger partial charge in [-0.25, -0.2) is 9.78 Å². The van der Waals surface area contributed by atoms with Gasteiger partial charge in [0.25, 0.3) is 0 Å². The first-order valence-electron chi connectivity index (χ1n) is 4.74. The number of aromatic nitrogens is 2. The highest BCUT2D eigenvalue weighted by molar-refractivity contribution is 5.74. The number of carbonyl (C=O) groups is 1. The van der Waals surface area contributed by atoms with Gasteiger partial charge in [0.1, 0.15) is 12.6 Å². The summed E-state index contributed by atoms with van der Waals surface area (Å²) >= 11 is 0. The van der Waals surface area contributed by atoms with Crippen molar-refractivity contribution >= 4 is 17.1 Å². The SMILES string of the molecule is O=C(NCO)OCc1nc2ccccc2[nH]1. The van der Waals surface area contributed by atoms with Gasteiger partial charge in [-0.15, -0.1) is 0 Å². The lowest BCUT2D eigenvalue weighted by Crippen LogP contribution is -2.24. The fourth-order valence-corrected chi connectivity index (χ4v) is 1.32. The number of ether oxygens (including phenoxy) is 1. The summed E-state index contributed by atoms with van der Waals surface area (Å²) in [6.07, 6.45) is -0.678. The van der Waals surface area contributed by atoms with E-state index in [0.29, 0.717) is 5.82 Å². The third-order valence-corrected chi connectivity index (χ3v) is 2.00. The van der Waals surface area contributed by atoms with E-state index >= 15 is 0 Å². The normalized spacial score (nSPS) is 10.3. The van der Waals surface area contributed by atoms with Crippen molar-refractivity contribution in [3.63, 3.8) is 0 Å². The Morgan fingerprint density at radius 2 is 2.31 bits per heavy atom. The van der Waals surface area contributed by atoms with Gasteiger partial charge in [-0.05, 0) is 12.1 Å². The van der Waals surface area contributed by atoms with Crippen molar-refractivity contribution < 1.29 is 14.6 Å². The highest BCUT2D eigenvalue weighted by Gasteiger charge is 2.05. The number of rotatable bonds is 3. The van der Waals surface area contributed by atoms with E-state index in [1.54, 1.807) is 0 Å². The van der Waals surface area contributed by atoms with E-state index in [1.165, 1.54) is 0 Å². The van der Waals surface area contributed by atoms with Gasteiger partial charge in [0.2, 0.25) is 0 Å². The Balaban J connectivity index is 2.02. The molecule has 0 radical (unpaired) electrons. The van der Waals surface area contributed by atoms with Gasteiger partial charge >= 0.3 is 6.09 Å². The van der Waals surface area contributed by atoms with Gasteiger partial charge < -0.3 is 14.8 Å². The Labute approximate surface area is 91.3 Å². The second kappa shape index (κ2) is 4.63. The molecule has 0 aliphatic carbocycles. The van der Waals surface area contributed by atoms with Crippen molar-refractivity contribution in [3.8, 4) is 0 Å². The fourth-order valence-electron chi connectivity index (χ4n) is 1.32. The van der Waals surface area contributed by atoms with Crippen LogP contribution in [0.4, 0.5) is 4.79 Å². The van der Waals surface area contributed by atoms with Crippen LogP contribution in [0.15, 0.2) is 24.3 Å². The Bertz CT molecular complexity index is 462. The third kappa shape index (κ3) is 2.29. The minimum atomic E-state index is -0.678. The molecule has 0 aliphatic rings. The van der Waals surface area contributed by atoms with Crippen LogP contribution in [0.3, 0.4) is 0 Å². The van der Waals surface area contributed by atoms with Crippen molar-refractivity contribution in [2.24, 2.45) is 0 Å². The maximum absolute atomic E-state index is 10.9. The molecule has 84 valence electrons. The molecular weight excluding hydrogens is 210 g/mol. The zero-order valence-electron chi connectivity index (χ0n) is 8.43. The summed E-state index contributed by atoms with van der Waals surface area (Å²) < 4.78 is 4.79. The van der Waals surface area contributed by atoms with Crippen LogP contribution in [-0.2, 0) is 11.3 Å². The molecule has 0 spiro atoms. The lowest BCUT2D eigenvalue weighted by molar-refractivity contribution is 0.125. The maximum atomic E-state index is 10.9. The van der Waals surface area contributed by atoms with E-state index in [1.807, 2.05) is 24.3 Å². The standard InChI is InChI=1S/C10H11N3O3/c14-6-11-10(15)16-5-9-12-7-3-1-2-4-8(7)13-9/h1-4,14H,5-6H2,(H,11,15)(H,12,13). The maximum Gasteiger partial charge on any atom is 0.409 e. The summed E-state index contributed by atoms with van der Waals surface area (Å²) in [6, 6.07) is 7.53. The minimum Gasteiger partial charge on any atom is -0.441 e. The van der Waals surface area contributed by atoms with Crippen molar-refractivity contribution in [1.82, 2.24) is 15.3 Å². The Hall–Kier alpha value is -2.08. The van der Waals surface area contributed by atoms with Gasteiger partial charge in [-0.2, -0.15) is 0 Å². The number of fused-ring (bicyclic) bond motifs is 1. The second-order valence-corrected chi connectivity index (χ2v) is 3.11. The van der Waals surface area contributed by atoms with Crippen molar-refractivity contribution in [3.05, 3.63) is 30.1 Å². The summed E-state index contributed by atoms with van der Waals surface area (Å²) in [7, 11) is 0. The third-order valence-electron chi connectivity index (χ3n) is 2.00. The average Bonchev–Trinajstić information content (AvgIpc) is 2.69. The molecule has 0 bridgehead atoms. The topological polar surface area (TPSA) is 87.2 Å². The summed E-state index contributed by atoms with van der Waals surface area (Å²) in [6.45, 7) is -0.403. The molecule has 1 amide bonds. The molecule has 0 aliphatic heterocycles. The quantitative estimate of drug-likeness (QED) is 0.667. The first kappa shape index (κ1) is 10.4. The predicted molar refractivity (Wildman–Crippen MR) is 56.5 cm³/mol. The van der Waals surface area contributed by atoms with Crippen LogP contribution in [0.1, 0.15) is 5.82 Å². The number of alkyl carbamates (subject to hydrolysis) is 1. The van der Waals surface area contributed by atoms with E-state index in [0.717, 1.165) is 11.0 Å². The molecule has 2 rings (SSSR count). The number of aromatic amines is 1. The molecule has 1 heterocycles. The van der Waals surface area contributed by atoms with Crippen LogP contribution in [0.25, 0.3) is 11.0 Å². The molecule has 6 heteroatoms. The lowest BCUT2D eigenvalue weighted by Gasteiger charge is -2.01. The van der Waals surface area contributed by atoms with Crippen molar-refractivity contribution in [2.45, 2.75) is 6.61 Å². The van der Waals surface area contributed by atoms with Crippen LogP contribution in [0, 0.1) is 0 Å². The fraction of sp³-hybridized carbons (Fsp3) is 0.200. The molecule has 16 heavy (non-hydrogen) atoms. The van der Waals surface area contributed by atoms with Crippen LogP contribution in [0.5, 0.6) is 0 Å². The Kier molecular flexibility index (Phi) is 3.02. The Morgan fingerprint density at radius 1 is 1.50 bits per heavy atom. The highest BCUT2D eigenvalue weighted by Crippen LogP contribution is 2.10. The zero-order valence-corrected chi connectivity index (χ0v) is 8.43. The lowest BCUT2D eigenvalue weighted by atomic mass is 10.3. The van der Waals surface area contributed by atoms with Gasteiger partial charge in [0.15, 0.2) is 6.61 Å². The smallest absolute Gasteiger partial charge is 0.409 e. The number of para-hydroxylation sites is 2. The molecule has 0 unspecified atom stereocenters. The number of carbonyl (C=O) groups excluding carboxylic acids is 1. The van der Waals surface area contributed by atoms with E-state index < -0.39 is 12.8 Å². The number of nitrogens with one attached hydrogen (secondary N) is 2. The first-order valence-corrected chi connectivity index (χ1v) is 4.74. The monoisotopic (exact) mass is 221 g/mol. The zero-order chi connectivity index (χ0) is 11.4. The van der Waals surface area contributed by atoms with Gasteiger partial charge in [0, 0.05) is 0 Å². The van der Waals surface area contributed by atoms with E-state index in [2.05, 4.69) is 15.3 Å². The number of aliphatic hydroxyl groups excluding tert-OH is 1. The molecule has 0 fully saturated rings. The minimum absolute atomic E-state index is 0.0422. The van der Waals surface area contributed by atoms with E-state index in [-0.39, 0.29) is 6.61 Å². The summed E-state index contributed by atoms with van der Waals surface area (Å²) in [5.74, 6) is 0.564. The van der Waals surface area contributed by atoms with Crippen LogP contribution < -0.4 is 5.32 Å². The molecule has 0 atom stereocenters. The summed E-state index contributed by atoms with van der Waals surface area (Å²) in [5, 5.41) is 10.5. The van der Waals surface area contributed by atoms with Crippen molar-refractivity contribution in [2.75, 3.05) is 6.73 Å². The number of imidazole rings is 1. The summed E-state index contributed by atoms with van der Waals surface area (Å²) in [4.78, 5) is 18.1. The number of aliphatic hydroxyl groups is 1. The first-order chi connectivity index (χ1) is 7.79. The molecule has 0 saturated heterocycles. The Morgan fingerprint density at radius 3 is 3.06 bits per heavy atom. The van der Waals surface area contributed by atoms with Crippen molar-refractivity contribution in [1.29, 1.82) is 0 Å². The predicted octanol–water partition coefficient (Wildman–Crippen LogP) is 0.739. The van der Waals surface area contributed by atoms with E-state index in [9.17, 15) is 4.79 Å². The molecular formula is C10H11N3O3. The second-order valence-electron chi connectivity index (χ2n) is 3.11. The molecule has 6 nitrogen and oxygen atoms in total. The van der Waals surface area contributed by atoms with Crippen LogP contribution in [0.2, 0.25) is 0 Å². The van der Waals surface area contributed by atoms with Gasteiger partial charge in [-0.3, -0.25) is 5.32 Å². The number of amides is 1. The number of H-pyrrole nitrogens is 1. The van der Waals surface area contributed by atoms with Gasteiger partial charge in [0.05, 0.1) is 11.0 Å². The molecule has 0 saturated carbocycles. The molecule has 2 aromatic rings. The van der Waals surface area contributed by atoms with Crippen LogP contribution in [-0.4, -0.2) is 27.9 Å². The number of nitrogens with zero attached hydrogens (tertiary/aromatic N) is 1. The molecule has 1 aromatic carbocycles. The van der Waals surface area contributed by atoms with Crippen LogP contribution >= 0.6 is 0 Å². The number of hydrogen-bond acceptors (Lipinski definition) is 4. The average molecular weight is 221 g/mol. The summed E-state index contributed by atoms with van der Waals surface area (Å²) in [5.41, 5.74) is 1.72. The number of benzene rings is 1.